The van der Waals surface area contributed by atoms with Gasteiger partial charge in [0.15, 0.2) is 5.78 Å². The summed E-state index contributed by atoms with van der Waals surface area (Å²) < 4.78 is 5.15. The topological polar surface area (TPSA) is 46.6 Å². The van der Waals surface area contributed by atoms with Crippen molar-refractivity contribution >= 4 is 11.7 Å². The van der Waals surface area contributed by atoms with Gasteiger partial charge in [0, 0.05) is 25.5 Å². The molecule has 0 spiro atoms. The summed E-state index contributed by atoms with van der Waals surface area (Å²) in [6.07, 6.45) is 0.438. The SMILES string of the molecule is COc1ccc(C(C)N(C)C(=O)CCC(=O)c2ccccc2)cc1. The van der Waals surface area contributed by atoms with Gasteiger partial charge in [-0.25, -0.2) is 0 Å². The van der Waals surface area contributed by atoms with Crippen molar-refractivity contribution in [1.29, 1.82) is 0 Å². The first-order valence-corrected chi connectivity index (χ1v) is 8.00. The van der Waals surface area contributed by atoms with E-state index in [0.29, 0.717) is 5.56 Å². The molecule has 0 N–H and O–H groups in total. The molecule has 1 unspecified atom stereocenters. The Morgan fingerprint density at radius 2 is 1.62 bits per heavy atom. The molecule has 24 heavy (non-hydrogen) atoms. The molecule has 4 nitrogen and oxygen atoms in total. The number of amides is 1. The number of carbonyl (C=O) groups excluding carboxylic acids is 2. The molecular formula is C20H23NO3. The van der Waals surface area contributed by atoms with Crippen molar-refractivity contribution in [2.45, 2.75) is 25.8 Å². The molecule has 0 bridgehead atoms. The van der Waals surface area contributed by atoms with Gasteiger partial charge in [-0.3, -0.25) is 9.59 Å². The Balaban J connectivity index is 1.92. The average molecular weight is 325 g/mol. The van der Waals surface area contributed by atoms with Gasteiger partial charge in [-0.05, 0) is 24.6 Å². The first-order valence-electron chi connectivity index (χ1n) is 8.00. The lowest BCUT2D eigenvalue weighted by Gasteiger charge is -2.25. The van der Waals surface area contributed by atoms with Crippen LogP contribution in [-0.2, 0) is 4.79 Å². The summed E-state index contributed by atoms with van der Waals surface area (Å²) in [5, 5.41) is 0. The van der Waals surface area contributed by atoms with Crippen LogP contribution < -0.4 is 4.74 Å². The van der Waals surface area contributed by atoms with Crippen LogP contribution in [0.5, 0.6) is 5.75 Å². The Morgan fingerprint density at radius 3 is 2.21 bits per heavy atom. The third kappa shape index (κ3) is 4.44. The zero-order valence-electron chi connectivity index (χ0n) is 14.4. The second-order valence-corrected chi connectivity index (χ2v) is 5.74. The van der Waals surface area contributed by atoms with Crippen LogP contribution in [0.25, 0.3) is 0 Å². The van der Waals surface area contributed by atoms with Gasteiger partial charge in [0.05, 0.1) is 13.2 Å². The zero-order valence-corrected chi connectivity index (χ0v) is 14.4. The number of hydrogen-bond acceptors (Lipinski definition) is 3. The van der Waals surface area contributed by atoms with E-state index >= 15 is 0 Å². The van der Waals surface area contributed by atoms with E-state index in [4.69, 9.17) is 4.74 Å². The van der Waals surface area contributed by atoms with E-state index in [1.54, 1.807) is 31.2 Å². The highest BCUT2D eigenvalue weighted by atomic mass is 16.5. The fourth-order valence-corrected chi connectivity index (χ4v) is 2.49. The summed E-state index contributed by atoms with van der Waals surface area (Å²) in [4.78, 5) is 26.1. The Morgan fingerprint density at radius 1 is 1.00 bits per heavy atom. The van der Waals surface area contributed by atoms with Crippen LogP contribution in [0.3, 0.4) is 0 Å². The highest BCUT2D eigenvalue weighted by molar-refractivity contribution is 5.97. The Bertz CT molecular complexity index is 680. The Labute approximate surface area is 143 Å². The summed E-state index contributed by atoms with van der Waals surface area (Å²) >= 11 is 0. The van der Waals surface area contributed by atoms with E-state index in [-0.39, 0.29) is 30.6 Å². The van der Waals surface area contributed by atoms with E-state index in [0.717, 1.165) is 11.3 Å². The molecule has 0 aliphatic rings. The number of rotatable bonds is 7. The second kappa shape index (κ2) is 8.29. The van der Waals surface area contributed by atoms with Gasteiger partial charge in [0.25, 0.3) is 0 Å². The van der Waals surface area contributed by atoms with Crippen molar-refractivity contribution in [2.75, 3.05) is 14.2 Å². The first kappa shape index (κ1) is 17.7. The molecule has 0 saturated carbocycles. The van der Waals surface area contributed by atoms with Gasteiger partial charge in [-0.1, -0.05) is 42.5 Å². The van der Waals surface area contributed by atoms with E-state index < -0.39 is 0 Å². The third-order valence-corrected chi connectivity index (χ3v) is 4.23. The number of ether oxygens (including phenoxy) is 1. The van der Waals surface area contributed by atoms with Crippen LogP contribution in [-0.4, -0.2) is 30.7 Å². The van der Waals surface area contributed by atoms with Crippen molar-refractivity contribution in [2.24, 2.45) is 0 Å². The summed E-state index contributed by atoms with van der Waals surface area (Å²) in [7, 11) is 3.39. The molecule has 2 aromatic rings. The maximum Gasteiger partial charge on any atom is 0.223 e. The normalized spacial score (nSPS) is 11.6. The summed E-state index contributed by atoms with van der Waals surface area (Å²) in [5.74, 6) is 0.741. The largest absolute Gasteiger partial charge is 0.497 e. The smallest absolute Gasteiger partial charge is 0.223 e. The van der Waals surface area contributed by atoms with Crippen molar-refractivity contribution in [3.05, 3.63) is 65.7 Å². The van der Waals surface area contributed by atoms with Gasteiger partial charge >= 0.3 is 0 Å². The average Bonchev–Trinajstić information content (AvgIpc) is 2.65. The maximum absolute atomic E-state index is 12.4. The number of nitrogens with zero attached hydrogens (tertiary/aromatic N) is 1. The molecule has 0 aliphatic heterocycles. The number of benzene rings is 2. The molecule has 1 atom stereocenters. The quantitative estimate of drug-likeness (QED) is 0.726. The van der Waals surface area contributed by atoms with Crippen molar-refractivity contribution in [1.82, 2.24) is 4.90 Å². The van der Waals surface area contributed by atoms with Gasteiger partial charge in [0.2, 0.25) is 5.91 Å². The standard InChI is InChI=1S/C20H23NO3/c1-15(16-9-11-18(24-3)12-10-16)21(2)20(23)14-13-19(22)17-7-5-4-6-8-17/h4-12,15H,13-14H2,1-3H3. The zero-order chi connectivity index (χ0) is 17.5. The molecule has 2 aromatic carbocycles. The van der Waals surface area contributed by atoms with Crippen molar-refractivity contribution < 1.29 is 14.3 Å². The lowest BCUT2D eigenvalue weighted by atomic mass is 10.0. The Hall–Kier alpha value is -2.62. The number of hydrogen-bond donors (Lipinski definition) is 0. The second-order valence-electron chi connectivity index (χ2n) is 5.74. The number of ketones is 1. The van der Waals surface area contributed by atoms with Crippen LogP contribution in [0.4, 0.5) is 0 Å². The number of methoxy groups -OCH3 is 1. The van der Waals surface area contributed by atoms with Crippen LogP contribution in [0.1, 0.15) is 41.7 Å². The van der Waals surface area contributed by atoms with Crippen LogP contribution in [0.2, 0.25) is 0 Å². The fraction of sp³-hybridized carbons (Fsp3) is 0.300. The first-order chi connectivity index (χ1) is 11.5. The predicted molar refractivity (Wildman–Crippen MR) is 94.2 cm³/mol. The molecule has 2 rings (SSSR count). The molecule has 0 saturated heterocycles. The van der Waals surface area contributed by atoms with E-state index in [9.17, 15) is 9.59 Å². The fourth-order valence-electron chi connectivity index (χ4n) is 2.49. The van der Waals surface area contributed by atoms with Crippen molar-refractivity contribution in [3.63, 3.8) is 0 Å². The molecule has 0 fully saturated rings. The van der Waals surface area contributed by atoms with E-state index in [1.807, 2.05) is 49.4 Å². The lowest BCUT2D eigenvalue weighted by molar-refractivity contribution is -0.131. The minimum Gasteiger partial charge on any atom is -0.497 e. The molecule has 0 heterocycles. The van der Waals surface area contributed by atoms with Gasteiger partial charge in [-0.15, -0.1) is 0 Å². The molecule has 1 amide bonds. The van der Waals surface area contributed by atoms with Gasteiger partial charge < -0.3 is 9.64 Å². The Kier molecular flexibility index (Phi) is 6.13. The molecule has 0 aliphatic carbocycles. The molecular weight excluding hydrogens is 302 g/mol. The molecule has 4 heteroatoms. The predicted octanol–water partition coefficient (Wildman–Crippen LogP) is 3.88. The molecule has 0 radical (unpaired) electrons. The molecule has 0 aromatic heterocycles. The number of Topliss-reactive ketones (excluding diaryl/α,β-unsaturated/α-hetero) is 1. The minimum atomic E-state index is -0.0600. The van der Waals surface area contributed by atoms with Crippen LogP contribution >= 0.6 is 0 Å². The highest BCUT2D eigenvalue weighted by Crippen LogP contribution is 2.22. The minimum absolute atomic E-state index is 0.00514. The van der Waals surface area contributed by atoms with Crippen molar-refractivity contribution in [3.8, 4) is 5.75 Å². The van der Waals surface area contributed by atoms with Gasteiger partial charge in [-0.2, -0.15) is 0 Å². The van der Waals surface area contributed by atoms with Crippen LogP contribution in [0.15, 0.2) is 54.6 Å². The van der Waals surface area contributed by atoms with Crippen LogP contribution in [0, 0.1) is 0 Å². The molecule has 126 valence electrons. The third-order valence-electron chi connectivity index (χ3n) is 4.23. The van der Waals surface area contributed by atoms with E-state index in [2.05, 4.69) is 0 Å². The maximum atomic E-state index is 12.4. The summed E-state index contributed by atoms with van der Waals surface area (Å²) in [6, 6.07) is 16.7. The number of carbonyl (C=O) groups is 2. The van der Waals surface area contributed by atoms with E-state index in [1.165, 1.54) is 0 Å². The highest BCUT2D eigenvalue weighted by Gasteiger charge is 2.18. The van der Waals surface area contributed by atoms with Gasteiger partial charge in [0.1, 0.15) is 5.75 Å². The summed E-state index contributed by atoms with van der Waals surface area (Å²) in [6.45, 7) is 1.97. The summed E-state index contributed by atoms with van der Waals surface area (Å²) in [5.41, 5.74) is 1.68. The monoisotopic (exact) mass is 325 g/mol. The lowest BCUT2D eigenvalue weighted by Crippen LogP contribution is -2.29.